The molecule has 0 radical (unpaired) electrons. The molecule has 162 valence electrons. The van der Waals surface area contributed by atoms with Gasteiger partial charge in [-0.2, -0.15) is 10.5 Å². The molecule has 0 bridgehead atoms. The quantitative estimate of drug-likeness (QED) is 0.287. The Morgan fingerprint density at radius 1 is 0.600 bits per heavy atom. The molecule has 35 heavy (non-hydrogen) atoms. The molecular weight excluding hydrogens is 428 g/mol. The SMILES string of the molecule is N#Cc1ccc2c(c1)c1ccccc1n2-c1cccc(-c2cccc(-c3cccnc3C#N)c2)c1. The average molecular weight is 447 g/mol. The van der Waals surface area contributed by atoms with Gasteiger partial charge in [0.1, 0.15) is 11.8 Å². The van der Waals surface area contributed by atoms with E-state index in [9.17, 15) is 10.5 Å². The van der Waals surface area contributed by atoms with Crippen LogP contribution in [0.2, 0.25) is 0 Å². The van der Waals surface area contributed by atoms with Gasteiger partial charge in [0.25, 0.3) is 0 Å². The van der Waals surface area contributed by atoms with E-state index in [2.05, 4.69) is 70.2 Å². The zero-order chi connectivity index (χ0) is 23.8. The second-order valence-electron chi connectivity index (χ2n) is 8.34. The van der Waals surface area contributed by atoms with Crippen molar-refractivity contribution >= 4 is 21.8 Å². The van der Waals surface area contributed by atoms with Gasteiger partial charge < -0.3 is 4.57 Å². The van der Waals surface area contributed by atoms with Gasteiger partial charge in [0, 0.05) is 28.2 Å². The lowest BCUT2D eigenvalue weighted by Crippen LogP contribution is -1.94. The molecule has 0 aliphatic heterocycles. The number of pyridine rings is 1. The Hall–Kier alpha value is -5.19. The molecule has 6 rings (SSSR count). The zero-order valence-electron chi connectivity index (χ0n) is 18.7. The van der Waals surface area contributed by atoms with E-state index >= 15 is 0 Å². The summed E-state index contributed by atoms with van der Waals surface area (Å²) in [4.78, 5) is 4.21. The zero-order valence-corrected chi connectivity index (χ0v) is 18.7. The van der Waals surface area contributed by atoms with Crippen molar-refractivity contribution in [2.75, 3.05) is 0 Å². The molecule has 0 saturated heterocycles. The van der Waals surface area contributed by atoms with E-state index in [1.54, 1.807) is 6.20 Å². The molecule has 4 heteroatoms. The number of hydrogen-bond donors (Lipinski definition) is 0. The maximum absolute atomic E-state index is 9.48. The molecule has 0 fully saturated rings. The van der Waals surface area contributed by atoms with Crippen molar-refractivity contribution in [1.29, 1.82) is 10.5 Å². The third-order valence-electron chi connectivity index (χ3n) is 6.33. The number of para-hydroxylation sites is 1. The number of fused-ring (bicyclic) bond motifs is 3. The molecule has 0 saturated carbocycles. The average Bonchev–Trinajstić information content (AvgIpc) is 3.27. The molecule has 0 unspecified atom stereocenters. The molecule has 6 aromatic rings. The van der Waals surface area contributed by atoms with Gasteiger partial charge in [0.15, 0.2) is 0 Å². The van der Waals surface area contributed by atoms with Crippen molar-refractivity contribution in [3.05, 3.63) is 121 Å². The van der Waals surface area contributed by atoms with Crippen LogP contribution in [0.15, 0.2) is 109 Å². The first-order valence-corrected chi connectivity index (χ1v) is 11.3. The third kappa shape index (κ3) is 3.42. The van der Waals surface area contributed by atoms with E-state index < -0.39 is 0 Å². The number of nitrogens with zero attached hydrogens (tertiary/aromatic N) is 4. The van der Waals surface area contributed by atoms with Crippen molar-refractivity contribution in [2.24, 2.45) is 0 Å². The van der Waals surface area contributed by atoms with Gasteiger partial charge in [0.05, 0.1) is 22.7 Å². The van der Waals surface area contributed by atoms with Crippen LogP contribution < -0.4 is 0 Å². The molecule has 4 nitrogen and oxygen atoms in total. The van der Waals surface area contributed by atoms with Gasteiger partial charge in [-0.25, -0.2) is 4.98 Å². The van der Waals surface area contributed by atoms with Crippen LogP contribution in [-0.2, 0) is 0 Å². The normalized spacial score (nSPS) is 10.8. The van der Waals surface area contributed by atoms with Crippen molar-refractivity contribution in [3.8, 4) is 40.1 Å². The minimum Gasteiger partial charge on any atom is -0.309 e. The van der Waals surface area contributed by atoms with Crippen molar-refractivity contribution in [1.82, 2.24) is 9.55 Å². The summed E-state index contributed by atoms with van der Waals surface area (Å²) in [6.07, 6.45) is 1.64. The van der Waals surface area contributed by atoms with Crippen LogP contribution >= 0.6 is 0 Å². The fraction of sp³-hybridized carbons (Fsp3) is 0. The summed E-state index contributed by atoms with van der Waals surface area (Å²) in [5.74, 6) is 0. The second kappa shape index (κ2) is 8.30. The summed E-state index contributed by atoms with van der Waals surface area (Å²) in [6, 6.07) is 39.0. The van der Waals surface area contributed by atoms with E-state index in [0.29, 0.717) is 11.3 Å². The van der Waals surface area contributed by atoms with Gasteiger partial charge in [-0.3, -0.25) is 0 Å². The predicted octanol–water partition coefficient (Wildman–Crippen LogP) is 7.26. The number of hydrogen-bond acceptors (Lipinski definition) is 3. The monoisotopic (exact) mass is 446 g/mol. The topological polar surface area (TPSA) is 65.4 Å². The molecule has 2 aromatic heterocycles. The maximum atomic E-state index is 9.48. The van der Waals surface area contributed by atoms with Crippen molar-refractivity contribution < 1.29 is 0 Å². The van der Waals surface area contributed by atoms with Gasteiger partial charge in [-0.1, -0.05) is 48.5 Å². The first-order valence-electron chi connectivity index (χ1n) is 11.3. The fourth-order valence-corrected chi connectivity index (χ4v) is 4.74. The summed E-state index contributed by atoms with van der Waals surface area (Å²) in [7, 11) is 0. The largest absolute Gasteiger partial charge is 0.309 e. The Kier molecular flexibility index (Phi) is 4.84. The van der Waals surface area contributed by atoms with Crippen molar-refractivity contribution in [3.63, 3.8) is 0 Å². The predicted molar refractivity (Wildman–Crippen MR) is 139 cm³/mol. The molecule has 2 heterocycles. The third-order valence-corrected chi connectivity index (χ3v) is 6.33. The second-order valence-corrected chi connectivity index (χ2v) is 8.34. The first kappa shape index (κ1) is 20.4. The summed E-state index contributed by atoms with van der Waals surface area (Å²) in [6.45, 7) is 0. The van der Waals surface area contributed by atoms with E-state index in [-0.39, 0.29) is 0 Å². The summed E-state index contributed by atoms with van der Waals surface area (Å²) in [5, 5.41) is 21.1. The minimum atomic E-state index is 0.417. The standard InChI is InChI=1S/C31H18N4/c32-19-21-13-14-31-28(16-21)27-10-1-2-12-30(27)35(31)25-9-4-7-23(18-25)22-6-3-8-24(17-22)26-11-5-15-34-29(26)20-33/h1-18H. The molecular formula is C31H18N4. The summed E-state index contributed by atoms with van der Waals surface area (Å²) in [5.41, 5.74) is 8.18. The van der Waals surface area contributed by atoms with Gasteiger partial charge in [0.2, 0.25) is 0 Å². The molecule has 0 atom stereocenters. The lowest BCUT2D eigenvalue weighted by molar-refractivity contribution is 1.18. The van der Waals surface area contributed by atoms with E-state index in [1.807, 2.05) is 54.6 Å². The Labute approximate surface area is 202 Å². The smallest absolute Gasteiger partial charge is 0.148 e. The first-order chi connectivity index (χ1) is 17.3. The van der Waals surface area contributed by atoms with Crippen LogP contribution in [0.1, 0.15) is 11.3 Å². The number of nitriles is 2. The van der Waals surface area contributed by atoms with Gasteiger partial charge >= 0.3 is 0 Å². The van der Waals surface area contributed by atoms with E-state index in [1.165, 1.54) is 0 Å². The van der Waals surface area contributed by atoms with Gasteiger partial charge in [-0.15, -0.1) is 0 Å². The Morgan fingerprint density at radius 3 is 2.23 bits per heavy atom. The Balaban J connectivity index is 1.52. The van der Waals surface area contributed by atoms with Crippen LogP contribution in [0.3, 0.4) is 0 Å². The molecule has 0 amide bonds. The van der Waals surface area contributed by atoms with Crippen LogP contribution in [0.4, 0.5) is 0 Å². The lowest BCUT2D eigenvalue weighted by atomic mass is 9.98. The van der Waals surface area contributed by atoms with Crippen LogP contribution in [0.25, 0.3) is 49.7 Å². The molecule has 0 spiro atoms. The summed E-state index contributed by atoms with van der Waals surface area (Å²) < 4.78 is 2.24. The van der Waals surface area contributed by atoms with Crippen LogP contribution in [0, 0.1) is 22.7 Å². The number of aromatic nitrogens is 2. The molecule has 0 N–H and O–H groups in total. The van der Waals surface area contributed by atoms with Crippen molar-refractivity contribution in [2.45, 2.75) is 0 Å². The van der Waals surface area contributed by atoms with Crippen LogP contribution in [-0.4, -0.2) is 9.55 Å². The number of rotatable bonds is 3. The van der Waals surface area contributed by atoms with E-state index in [0.717, 1.165) is 49.7 Å². The Morgan fingerprint density at radius 2 is 1.37 bits per heavy atom. The highest BCUT2D eigenvalue weighted by atomic mass is 15.0. The highest BCUT2D eigenvalue weighted by Gasteiger charge is 2.13. The summed E-state index contributed by atoms with van der Waals surface area (Å²) >= 11 is 0. The molecule has 0 aliphatic rings. The fourth-order valence-electron chi connectivity index (χ4n) is 4.74. The molecule has 4 aromatic carbocycles. The highest BCUT2D eigenvalue weighted by molar-refractivity contribution is 6.09. The Bertz CT molecular complexity index is 1830. The lowest BCUT2D eigenvalue weighted by Gasteiger charge is -2.11. The minimum absolute atomic E-state index is 0.417. The maximum Gasteiger partial charge on any atom is 0.148 e. The highest BCUT2D eigenvalue weighted by Crippen LogP contribution is 2.34. The van der Waals surface area contributed by atoms with Gasteiger partial charge in [-0.05, 0) is 71.3 Å². The number of benzene rings is 4. The van der Waals surface area contributed by atoms with E-state index in [4.69, 9.17) is 0 Å². The molecule has 0 aliphatic carbocycles. The van der Waals surface area contributed by atoms with Crippen LogP contribution in [0.5, 0.6) is 0 Å².